The normalized spacial score (nSPS) is 11.8. The van der Waals surface area contributed by atoms with Crippen molar-refractivity contribution in [2.45, 2.75) is 33.1 Å². The molecule has 0 spiro atoms. The molecule has 2 aromatic carbocycles. The van der Waals surface area contributed by atoms with Crippen molar-refractivity contribution >= 4 is 5.65 Å². The Morgan fingerprint density at radius 3 is 2.16 bits per heavy atom. The van der Waals surface area contributed by atoms with Crippen LogP contribution in [0.3, 0.4) is 0 Å². The number of nitrogens with two attached hydrogens (primary N) is 1. The van der Waals surface area contributed by atoms with E-state index in [1.165, 1.54) is 17.7 Å². The largest absolute Gasteiger partial charge is 0.433 e. The van der Waals surface area contributed by atoms with Crippen molar-refractivity contribution in [2.24, 2.45) is 5.73 Å². The molecule has 0 aliphatic carbocycles. The Hall–Kier alpha value is -4.31. The highest BCUT2D eigenvalue weighted by molar-refractivity contribution is 5.91. The molecule has 0 saturated carbocycles. The van der Waals surface area contributed by atoms with Crippen LogP contribution < -0.4 is 11.3 Å². The van der Waals surface area contributed by atoms with Crippen molar-refractivity contribution < 1.29 is 13.2 Å². The summed E-state index contributed by atoms with van der Waals surface area (Å²) in [5.74, 6) is 0.345. The number of halogens is 3. The van der Waals surface area contributed by atoms with Gasteiger partial charge >= 0.3 is 6.18 Å². The van der Waals surface area contributed by atoms with E-state index in [1.54, 1.807) is 4.52 Å². The maximum absolute atomic E-state index is 14.2. The molecule has 5 aromatic rings. The predicted octanol–water partition coefficient (Wildman–Crippen LogP) is 4.76. The van der Waals surface area contributed by atoms with Gasteiger partial charge in [-0.2, -0.15) is 13.2 Å². The summed E-state index contributed by atoms with van der Waals surface area (Å²) < 4.78 is 42.5. The first-order valence-electron chi connectivity index (χ1n) is 11.6. The third-order valence-electron chi connectivity index (χ3n) is 6.26. The van der Waals surface area contributed by atoms with Crippen LogP contribution in [0.1, 0.15) is 28.3 Å². The number of hydrogen-bond donors (Lipinski definition) is 1. The average molecular weight is 505 g/mol. The van der Waals surface area contributed by atoms with Crippen molar-refractivity contribution in [1.82, 2.24) is 24.4 Å². The SMILES string of the molecule is Cc1ccc(-c2c(-c3ccccc3)c(=O)n(Cc3ccc(C(F)(F)F)nc3C)n3c(CN)nnc23)cc1. The number of fused-ring (bicyclic) bond motifs is 1. The molecule has 188 valence electrons. The minimum Gasteiger partial charge on any atom is -0.324 e. The number of aryl methyl sites for hydroxylation is 2. The Labute approximate surface area is 210 Å². The molecule has 3 aromatic heterocycles. The molecule has 0 amide bonds. The zero-order chi connectivity index (χ0) is 26.3. The van der Waals surface area contributed by atoms with Crippen LogP contribution in [0.5, 0.6) is 0 Å². The fourth-order valence-corrected chi connectivity index (χ4v) is 4.37. The van der Waals surface area contributed by atoms with Gasteiger partial charge in [-0.05, 0) is 36.6 Å². The number of hydrogen-bond acceptors (Lipinski definition) is 5. The molecular formula is C27H23F3N6O. The highest BCUT2D eigenvalue weighted by Crippen LogP contribution is 2.33. The summed E-state index contributed by atoms with van der Waals surface area (Å²) in [6, 6.07) is 19.2. The number of alkyl halides is 3. The minimum absolute atomic E-state index is 0.00285. The molecule has 3 heterocycles. The highest BCUT2D eigenvalue weighted by atomic mass is 19.4. The van der Waals surface area contributed by atoms with Crippen LogP contribution in [0.25, 0.3) is 27.9 Å². The van der Waals surface area contributed by atoms with Gasteiger partial charge in [-0.15, -0.1) is 10.2 Å². The van der Waals surface area contributed by atoms with E-state index in [0.29, 0.717) is 33.7 Å². The maximum Gasteiger partial charge on any atom is 0.433 e. The molecule has 0 bridgehead atoms. The summed E-state index contributed by atoms with van der Waals surface area (Å²) in [5, 5.41) is 8.62. The van der Waals surface area contributed by atoms with E-state index in [2.05, 4.69) is 15.2 Å². The lowest BCUT2D eigenvalue weighted by atomic mass is 9.96. The molecule has 0 atom stereocenters. The Morgan fingerprint density at radius 2 is 1.54 bits per heavy atom. The average Bonchev–Trinajstić information content (AvgIpc) is 3.30. The number of aromatic nitrogens is 5. The van der Waals surface area contributed by atoms with Crippen molar-refractivity contribution in [1.29, 1.82) is 0 Å². The summed E-state index contributed by atoms with van der Waals surface area (Å²) in [6.45, 7) is 3.41. The smallest absolute Gasteiger partial charge is 0.324 e. The first-order chi connectivity index (χ1) is 17.7. The summed E-state index contributed by atoms with van der Waals surface area (Å²) >= 11 is 0. The van der Waals surface area contributed by atoms with E-state index in [1.807, 2.05) is 61.5 Å². The van der Waals surface area contributed by atoms with Gasteiger partial charge in [-0.3, -0.25) is 4.79 Å². The summed E-state index contributed by atoms with van der Waals surface area (Å²) in [7, 11) is 0. The van der Waals surface area contributed by atoms with Gasteiger partial charge < -0.3 is 5.73 Å². The van der Waals surface area contributed by atoms with E-state index in [9.17, 15) is 18.0 Å². The van der Waals surface area contributed by atoms with Crippen LogP contribution in [0.4, 0.5) is 13.2 Å². The highest BCUT2D eigenvalue weighted by Gasteiger charge is 2.33. The second-order valence-electron chi connectivity index (χ2n) is 8.74. The van der Waals surface area contributed by atoms with Gasteiger partial charge in [-0.25, -0.2) is 14.2 Å². The minimum atomic E-state index is -4.56. The molecule has 0 saturated heterocycles. The van der Waals surface area contributed by atoms with Gasteiger partial charge in [0.25, 0.3) is 5.56 Å². The first-order valence-corrected chi connectivity index (χ1v) is 11.6. The van der Waals surface area contributed by atoms with Crippen LogP contribution >= 0.6 is 0 Å². The molecule has 0 radical (unpaired) electrons. The lowest BCUT2D eigenvalue weighted by molar-refractivity contribution is -0.141. The van der Waals surface area contributed by atoms with E-state index >= 15 is 0 Å². The molecule has 2 N–H and O–H groups in total. The lowest BCUT2D eigenvalue weighted by Crippen LogP contribution is -2.31. The fraction of sp³-hybridized carbons (Fsp3) is 0.185. The summed E-state index contributed by atoms with van der Waals surface area (Å²) in [5.41, 5.74) is 9.17. The third-order valence-corrected chi connectivity index (χ3v) is 6.26. The molecule has 10 heteroatoms. The van der Waals surface area contributed by atoms with Crippen molar-refractivity contribution in [3.63, 3.8) is 0 Å². The Balaban J connectivity index is 1.82. The van der Waals surface area contributed by atoms with Gasteiger partial charge in [-0.1, -0.05) is 66.2 Å². The van der Waals surface area contributed by atoms with E-state index in [0.717, 1.165) is 17.2 Å². The fourth-order valence-electron chi connectivity index (χ4n) is 4.37. The number of benzene rings is 2. The van der Waals surface area contributed by atoms with Crippen molar-refractivity contribution in [3.05, 3.63) is 105 Å². The Kier molecular flexibility index (Phi) is 6.12. The van der Waals surface area contributed by atoms with Crippen LogP contribution in [-0.4, -0.2) is 24.4 Å². The molecule has 0 fully saturated rings. The molecule has 0 unspecified atom stereocenters. The van der Waals surface area contributed by atoms with Gasteiger partial charge in [0, 0.05) is 11.3 Å². The second-order valence-corrected chi connectivity index (χ2v) is 8.74. The van der Waals surface area contributed by atoms with Crippen LogP contribution in [0, 0.1) is 13.8 Å². The quantitative estimate of drug-likeness (QED) is 0.373. The van der Waals surface area contributed by atoms with Gasteiger partial charge in [0.2, 0.25) is 0 Å². The van der Waals surface area contributed by atoms with Crippen LogP contribution in [0.2, 0.25) is 0 Å². The van der Waals surface area contributed by atoms with Crippen molar-refractivity contribution in [3.8, 4) is 22.3 Å². The first kappa shape index (κ1) is 24.4. The topological polar surface area (TPSA) is 91.1 Å². The van der Waals surface area contributed by atoms with Crippen LogP contribution in [-0.2, 0) is 19.3 Å². The molecule has 0 aliphatic rings. The third kappa shape index (κ3) is 4.40. The van der Waals surface area contributed by atoms with E-state index in [4.69, 9.17) is 5.73 Å². The zero-order valence-corrected chi connectivity index (χ0v) is 20.1. The number of rotatable bonds is 5. The molecule has 0 aliphatic heterocycles. The van der Waals surface area contributed by atoms with E-state index < -0.39 is 11.9 Å². The van der Waals surface area contributed by atoms with E-state index in [-0.39, 0.29) is 24.3 Å². The lowest BCUT2D eigenvalue weighted by Gasteiger charge is -2.18. The van der Waals surface area contributed by atoms with Gasteiger partial charge in [0.15, 0.2) is 11.5 Å². The monoisotopic (exact) mass is 504 g/mol. The Morgan fingerprint density at radius 1 is 0.865 bits per heavy atom. The molecule has 37 heavy (non-hydrogen) atoms. The summed E-state index contributed by atoms with van der Waals surface area (Å²) in [4.78, 5) is 17.9. The molecule has 7 nitrogen and oxygen atoms in total. The van der Waals surface area contributed by atoms with Crippen molar-refractivity contribution in [2.75, 3.05) is 0 Å². The maximum atomic E-state index is 14.2. The Bertz CT molecular complexity index is 1650. The number of nitrogens with zero attached hydrogens (tertiary/aromatic N) is 5. The molecule has 5 rings (SSSR count). The van der Waals surface area contributed by atoms with Crippen LogP contribution in [0.15, 0.2) is 71.5 Å². The summed E-state index contributed by atoms with van der Waals surface area (Å²) in [6.07, 6.45) is -4.56. The zero-order valence-electron chi connectivity index (χ0n) is 20.1. The predicted molar refractivity (Wildman–Crippen MR) is 134 cm³/mol. The number of pyridine rings is 1. The molecular weight excluding hydrogens is 481 g/mol. The second kappa shape index (κ2) is 9.29. The van der Waals surface area contributed by atoms with Gasteiger partial charge in [0.05, 0.1) is 18.7 Å². The van der Waals surface area contributed by atoms with Gasteiger partial charge in [0.1, 0.15) is 5.69 Å². The standard InChI is InChI=1S/C27H23F3N6O/c1-16-8-10-19(11-9-16)23-24(18-6-4-3-5-7-18)26(37)35(36-22(14-31)33-34-25(23)36)15-20-12-13-21(27(28,29)30)32-17(20)2/h3-13H,14-15,31H2,1-2H3.